The molecule has 0 spiro atoms. The first-order chi connectivity index (χ1) is 8.61. The summed E-state index contributed by atoms with van der Waals surface area (Å²) in [5.74, 6) is 0.236. The van der Waals surface area contributed by atoms with Crippen LogP contribution in [0.15, 0.2) is 24.5 Å². The summed E-state index contributed by atoms with van der Waals surface area (Å²) in [5.41, 5.74) is 6.58. The third-order valence-electron chi connectivity index (χ3n) is 2.33. The molecule has 2 heterocycles. The molecule has 0 atom stereocenters. The first kappa shape index (κ1) is 12.2. The van der Waals surface area contributed by atoms with E-state index in [2.05, 4.69) is 15.1 Å². The van der Waals surface area contributed by atoms with Crippen LogP contribution in [0, 0.1) is 0 Å². The Kier molecular flexibility index (Phi) is 3.33. The van der Waals surface area contributed by atoms with Gasteiger partial charge in [-0.2, -0.15) is 5.10 Å². The fourth-order valence-corrected chi connectivity index (χ4v) is 1.39. The van der Waals surface area contributed by atoms with Crippen molar-refractivity contribution < 1.29 is 4.79 Å². The van der Waals surface area contributed by atoms with Crippen LogP contribution in [0.3, 0.4) is 0 Å². The number of hydrogen-bond donors (Lipinski definition) is 1. The summed E-state index contributed by atoms with van der Waals surface area (Å²) in [6.07, 6.45) is 3.26. The average Bonchev–Trinajstić information content (AvgIpc) is 2.87. The SMILES string of the molecule is CN(C)C(=O)c1ccn(-c2nccc(CN)n2)n1. The van der Waals surface area contributed by atoms with Crippen molar-refractivity contribution in [3.8, 4) is 5.95 Å². The number of carbonyl (C=O) groups is 1. The van der Waals surface area contributed by atoms with Crippen molar-refractivity contribution >= 4 is 5.91 Å². The second-order valence-corrected chi connectivity index (χ2v) is 3.90. The average molecular weight is 246 g/mol. The van der Waals surface area contributed by atoms with Crippen molar-refractivity contribution in [2.24, 2.45) is 5.73 Å². The van der Waals surface area contributed by atoms with Gasteiger partial charge in [0.2, 0.25) is 0 Å². The molecular formula is C11H14N6O. The molecule has 0 unspecified atom stereocenters. The maximum absolute atomic E-state index is 11.7. The van der Waals surface area contributed by atoms with Crippen molar-refractivity contribution in [1.29, 1.82) is 0 Å². The molecule has 0 aliphatic carbocycles. The van der Waals surface area contributed by atoms with Gasteiger partial charge in [0, 0.05) is 33.0 Å². The topological polar surface area (TPSA) is 89.9 Å². The minimum absolute atomic E-state index is 0.163. The molecule has 94 valence electrons. The predicted octanol–water partition coefficient (Wildman–Crippen LogP) is -0.177. The van der Waals surface area contributed by atoms with Gasteiger partial charge in [-0.25, -0.2) is 14.6 Å². The number of rotatable bonds is 3. The molecule has 2 aromatic heterocycles. The summed E-state index contributed by atoms with van der Waals surface area (Å²) in [6, 6.07) is 3.36. The van der Waals surface area contributed by atoms with Gasteiger partial charge < -0.3 is 10.6 Å². The molecular weight excluding hydrogens is 232 g/mol. The zero-order chi connectivity index (χ0) is 13.1. The smallest absolute Gasteiger partial charge is 0.273 e. The largest absolute Gasteiger partial charge is 0.343 e. The molecule has 0 aliphatic heterocycles. The molecule has 0 saturated carbocycles. The third-order valence-corrected chi connectivity index (χ3v) is 2.33. The zero-order valence-electron chi connectivity index (χ0n) is 10.2. The summed E-state index contributed by atoms with van der Waals surface area (Å²) >= 11 is 0. The zero-order valence-corrected chi connectivity index (χ0v) is 10.2. The van der Waals surface area contributed by atoms with Crippen LogP contribution < -0.4 is 5.73 Å². The highest BCUT2D eigenvalue weighted by Gasteiger charge is 2.12. The highest BCUT2D eigenvalue weighted by atomic mass is 16.2. The van der Waals surface area contributed by atoms with Gasteiger partial charge in [-0.3, -0.25) is 4.79 Å². The quantitative estimate of drug-likeness (QED) is 0.811. The summed E-state index contributed by atoms with van der Waals surface area (Å²) in [6.45, 7) is 0.334. The summed E-state index contributed by atoms with van der Waals surface area (Å²) < 4.78 is 1.45. The van der Waals surface area contributed by atoms with Gasteiger partial charge in [-0.05, 0) is 12.1 Å². The lowest BCUT2D eigenvalue weighted by molar-refractivity contribution is 0.0821. The Hall–Kier alpha value is -2.28. The van der Waals surface area contributed by atoms with E-state index in [-0.39, 0.29) is 5.91 Å². The maximum Gasteiger partial charge on any atom is 0.273 e. The summed E-state index contributed by atoms with van der Waals surface area (Å²) in [4.78, 5) is 21.5. The van der Waals surface area contributed by atoms with Crippen LogP contribution in [0.5, 0.6) is 0 Å². The normalized spacial score (nSPS) is 10.4. The first-order valence-corrected chi connectivity index (χ1v) is 5.41. The van der Waals surface area contributed by atoms with Crippen molar-refractivity contribution in [2.45, 2.75) is 6.54 Å². The molecule has 2 rings (SSSR count). The van der Waals surface area contributed by atoms with Crippen molar-refractivity contribution in [1.82, 2.24) is 24.6 Å². The van der Waals surface area contributed by atoms with Crippen LogP contribution in [0.1, 0.15) is 16.2 Å². The second kappa shape index (κ2) is 4.92. The Bertz CT molecular complexity index is 562. The van der Waals surface area contributed by atoms with Gasteiger partial charge in [0.1, 0.15) is 0 Å². The summed E-state index contributed by atoms with van der Waals surface area (Å²) in [7, 11) is 3.35. The number of nitrogens with two attached hydrogens (primary N) is 1. The van der Waals surface area contributed by atoms with Crippen LogP contribution in [0.2, 0.25) is 0 Å². The number of hydrogen-bond acceptors (Lipinski definition) is 5. The fraction of sp³-hybridized carbons (Fsp3) is 0.273. The Morgan fingerprint density at radius 3 is 2.89 bits per heavy atom. The molecule has 0 bridgehead atoms. The molecule has 0 aliphatic rings. The lowest BCUT2D eigenvalue weighted by Crippen LogP contribution is -2.22. The van der Waals surface area contributed by atoms with Gasteiger partial charge in [-0.1, -0.05) is 0 Å². The van der Waals surface area contributed by atoms with Crippen LogP contribution >= 0.6 is 0 Å². The first-order valence-electron chi connectivity index (χ1n) is 5.41. The molecule has 18 heavy (non-hydrogen) atoms. The van der Waals surface area contributed by atoms with E-state index in [1.807, 2.05) is 0 Å². The Morgan fingerprint density at radius 1 is 1.44 bits per heavy atom. The van der Waals surface area contributed by atoms with Gasteiger partial charge >= 0.3 is 0 Å². The van der Waals surface area contributed by atoms with Crippen LogP contribution in [-0.2, 0) is 6.54 Å². The van der Waals surface area contributed by atoms with Gasteiger partial charge in [0.05, 0.1) is 5.69 Å². The van der Waals surface area contributed by atoms with Gasteiger partial charge in [-0.15, -0.1) is 0 Å². The lowest BCUT2D eigenvalue weighted by atomic mass is 10.4. The van der Waals surface area contributed by atoms with Gasteiger partial charge in [0.25, 0.3) is 11.9 Å². The summed E-state index contributed by atoms with van der Waals surface area (Å²) in [5, 5.41) is 4.14. The number of amides is 1. The molecule has 0 saturated heterocycles. The van der Waals surface area contributed by atoms with E-state index in [1.54, 1.807) is 38.6 Å². The molecule has 7 nitrogen and oxygen atoms in total. The molecule has 0 fully saturated rings. The number of nitrogens with zero attached hydrogens (tertiary/aromatic N) is 5. The third kappa shape index (κ3) is 2.35. The molecule has 7 heteroatoms. The highest BCUT2D eigenvalue weighted by molar-refractivity contribution is 5.91. The van der Waals surface area contributed by atoms with Crippen LogP contribution in [-0.4, -0.2) is 44.7 Å². The Balaban J connectivity index is 2.32. The minimum atomic E-state index is -0.163. The van der Waals surface area contributed by atoms with Crippen molar-refractivity contribution in [2.75, 3.05) is 14.1 Å². The lowest BCUT2D eigenvalue weighted by Gasteiger charge is -2.06. The monoisotopic (exact) mass is 246 g/mol. The molecule has 0 radical (unpaired) electrons. The van der Waals surface area contributed by atoms with E-state index in [0.717, 1.165) is 5.69 Å². The molecule has 0 aromatic carbocycles. The highest BCUT2D eigenvalue weighted by Crippen LogP contribution is 2.04. The van der Waals surface area contributed by atoms with E-state index in [0.29, 0.717) is 18.2 Å². The van der Waals surface area contributed by atoms with Crippen molar-refractivity contribution in [3.05, 3.63) is 35.9 Å². The number of carbonyl (C=O) groups excluding carboxylic acids is 1. The van der Waals surface area contributed by atoms with E-state index in [4.69, 9.17) is 5.73 Å². The van der Waals surface area contributed by atoms with E-state index < -0.39 is 0 Å². The van der Waals surface area contributed by atoms with E-state index in [9.17, 15) is 4.79 Å². The Morgan fingerprint density at radius 2 is 2.22 bits per heavy atom. The van der Waals surface area contributed by atoms with Crippen LogP contribution in [0.25, 0.3) is 5.95 Å². The second-order valence-electron chi connectivity index (χ2n) is 3.90. The van der Waals surface area contributed by atoms with E-state index in [1.165, 1.54) is 9.58 Å². The maximum atomic E-state index is 11.7. The molecule has 2 aromatic rings. The minimum Gasteiger partial charge on any atom is -0.343 e. The van der Waals surface area contributed by atoms with Crippen LogP contribution in [0.4, 0.5) is 0 Å². The fourth-order valence-electron chi connectivity index (χ4n) is 1.39. The van der Waals surface area contributed by atoms with E-state index >= 15 is 0 Å². The van der Waals surface area contributed by atoms with Crippen molar-refractivity contribution in [3.63, 3.8) is 0 Å². The number of aromatic nitrogens is 4. The molecule has 1 amide bonds. The van der Waals surface area contributed by atoms with Gasteiger partial charge in [0.15, 0.2) is 5.69 Å². The predicted molar refractivity (Wildman–Crippen MR) is 65.1 cm³/mol. The standard InChI is InChI=1S/C11H14N6O/c1-16(2)10(18)9-4-6-17(15-9)11-13-5-3-8(7-12)14-11/h3-6H,7,12H2,1-2H3. The molecule has 2 N–H and O–H groups in total. The Labute approximate surface area is 104 Å².